The lowest BCUT2D eigenvalue weighted by Gasteiger charge is -2.30. The molecule has 1 heterocycles. The van der Waals surface area contributed by atoms with E-state index >= 15 is 0 Å². The quantitative estimate of drug-likeness (QED) is 0.217. The third-order valence-corrected chi connectivity index (χ3v) is 8.24. The largest absolute Gasteiger partial charge is 0.492 e. The number of benzene rings is 1. The van der Waals surface area contributed by atoms with Gasteiger partial charge in [0.2, 0.25) is 21.6 Å². The summed E-state index contributed by atoms with van der Waals surface area (Å²) >= 11 is -0.0367. The summed E-state index contributed by atoms with van der Waals surface area (Å²) in [5.41, 5.74) is -0.421. The van der Waals surface area contributed by atoms with Gasteiger partial charge in [0, 0.05) is 18.3 Å². The van der Waals surface area contributed by atoms with Crippen molar-refractivity contribution >= 4 is 39.3 Å². The van der Waals surface area contributed by atoms with Crippen LogP contribution in [0.25, 0.3) is 0 Å². The van der Waals surface area contributed by atoms with Crippen LogP contribution in [0.3, 0.4) is 0 Å². The molecule has 2 amide bonds. The van der Waals surface area contributed by atoms with Gasteiger partial charge in [-0.15, -0.1) is 0 Å². The fraction of sp³-hybridized carbons (Fsp3) is 0.565. The van der Waals surface area contributed by atoms with E-state index in [1.54, 1.807) is 6.92 Å². The van der Waals surface area contributed by atoms with Crippen LogP contribution in [0.4, 0.5) is 27.6 Å². The first-order valence-corrected chi connectivity index (χ1v) is 14.9. The van der Waals surface area contributed by atoms with Gasteiger partial charge < -0.3 is 15.4 Å². The molecule has 3 rings (SSSR count). The van der Waals surface area contributed by atoms with Crippen LogP contribution in [0.15, 0.2) is 32.7 Å². The van der Waals surface area contributed by atoms with Gasteiger partial charge in [0.1, 0.15) is 16.7 Å². The first-order valence-electron chi connectivity index (χ1n) is 12.5. The van der Waals surface area contributed by atoms with Crippen LogP contribution in [0.5, 0.6) is 5.75 Å². The molecule has 1 fully saturated rings. The predicted octanol–water partition coefficient (Wildman–Crippen LogP) is 4.33. The molecule has 0 radical (unpaired) electrons. The topological polar surface area (TPSA) is 153 Å². The number of nitrogens with zero attached hydrogens (tertiary/aromatic N) is 2. The molecule has 0 spiro atoms. The Balaban J connectivity index is 1.81. The van der Waals surface area contributed by atoms with Crippen molar-refractivity contribution in [2.75, 3.05) is 18.5 Å². The summed E-state index contributed by atoms with van der Waals surface area (Å²) in [5, 5.41) is 11.4. The van der Waals surface area contributed by atoms with Crippen LogP contribution >= 0.6 is 11.8 Å². The van der Waals surface area contributed by atoms with Crippen LogP contribution in [0, 0.1) is 5.92 Å². The molecule has 1 aliphatic carbocycles. The average Bonchev–Trinajstić information content (AvgIpc) is 3.34. The second kappa shape index (κ2) is 14.3. The Labute approximate surface area is 236 Å². The standard InChI is InChI=1S/C23H28F5N5O6S2/c1-2-38-15-12-14(8-9-16(15)41(36,37)29-11-10-23(26,27)28)30-19(34)17(13-6-4-3-5-7-13)31-20(35)18-21(33-39-32-18)40-22(24)25/h8-9,12-13,17,22,29H,2-7,10-11H2,1H3,(H,30,34)(H,31,35)/t17-/m0/s1. The second-order valence-electron chi connectivity index (χ2n) is 8.99. The molecule has 18 heteroatoms. The molecule has 1 atom stereocenters. The molecule has 0 saturated heterocycles. The first-order chi connectivity index (χ1) is 19.3. The number of carbonyl (C=O) groups excluding carboxylic acids is 2. The molecule has 0 aliphatic heterocycles. The third kappa shape index (κ3) is 9.53. The Morgan fingerprint density at radius 2 is 1.88 bits per heavy atom. The van der Waals surface area contributed by atoms with E-state index in [-0.39, 0.29) is 35.7 Å². The summed E-state index contributed by atoms with van der Waals surface area (Å²) in [5.74, 6) is -5.03. The molecule has 3 N–H and O–H groups in total. The Bertz CT molecular complexity index is 1300. The molecule has 0 unspecified atom stereocenters. The van der Waals surface area contributed by atoms with Gasteiger partial charge >= 0.3 is 6.18 Å². The summed E-state index contributed by atoms with van der Waals surface area (Å²) in [7, 11) is -4.39. The van der Waals surface area contributed by atoms with Crippen LogP contribution in [-0.2, 0) is 14.8 Å². The number of anilines is 1. The smallest absolute Gasteiger partial charge is 0.390 e. The SMILES string of the molecule is CCOc1cc(NC(=O)[C@@H](NC(=O)c2nonc2SC(F)F)C2CCCCC2)ccc1S(=O)(=O)NCCC(F)(F)F. The van der Waals surface area contributed by atoms with Crippen LogP contribution in [-0.4, -0.2) is 61.7 Å². The fourth-order valence-corrected chi connectivity index (χ4v) is 5.90. The Kier molecular flexibility index (Phi) is 11.3. The van der Waals surface area contributed by atoms with Crippen molar-refractivity contribution in [3.63, 3.8) is 0 Å². The minimum atomic E-state index is -4.56. The third-order valence-electron chi connectivity index (χ3n) is 6.07. The van der Waals surface area contributed by atoms with E-state index in [0.29, 0.717) is 12.8 Å². The van der Waals surface area contributed by atoms with Gasteiger partial charge in [0.15, 0.2) is 5.03 Å². The fourth-order valence-electron chi connectivity index (χ4n) is 4.26. The molecule has 1 aromatic carbocycles. The minimum absolute atomic E-state index is 0.00786. The molecule has 2 aromatic rings. The molecule has 1 saturated carbocycles. The number of sulfonamides is 1. The number of hydrogen-bond donors (Lipinski definition) is 3. The van der Waals surface area contributed by atoms with E-state index < -0.39 is 68.4 Å². The van der Waals surface area contributed by atoms with Crippen LogP contribution in [0.2, 0.25) is 0 Å². The Hall–Kier alpha value is -2.99. The van der Waals surface area contributed by atoms with Crippen molar-refractivity contribution < 1.29 is 49.3 Å². The van der Waals surface area contributed by atoms with Crippen molar-refractivity contribution in [3.8, 4) is 5.75 Å². The summed E-state index contributed by atoms with van der Waals surface area (Å²) in [6, 6.07) is 2.36. The summed E-state index contributed by atoms with van der Waals surface area (Å²) < 4.78 is 100.0. The molecule has 1 aliphatic rings. The molecular formula is C23H28F5N5O6S2. The van der Waals surface area contributed by atoms with E-state index in [0.717, 1.165) is 25.3 Å². The van der Waals surface area contributed by atoms with Crippen LogP contribution in [0.1, 0.15) is 55.9 Å². The highest BCUT2D eigenvalue weighted by atomic mass is 32.2. The van der Waals surface area contributed by atoms with Crippen molar-refractivity contribution in [1.82, 2.24) is 20.4 Å². The van der Waals surface area contributed by atoms with E-state index in [2.05, 4.69) is 25.6 Å². The number of thioether (sulfide) groups is 1. The van der Waals surface area contributed by atoms with Gasteiger partial charge in [0.05, 0.1) is 13.0 Å². The first kappa shape index (κ1) is 32.5. The maximum Gasteiger partial charge on any atom is 0.390 e. The van der Waals surface area contributed by atoms with Crippen LogP contribution < -0.4 is 20.1 Å². The Morgan fingerprint density at radius 1 is 1.17 bits per heavy atom. The number of amides is 2. The zero-order chi connectivity index (χ0) is 30.2. The number of carbonyl (C=O) groups is 2. The highest BCUT2D eigenvalue weighted by Crippen LogP contribution is 2.31. The highest BCUT2D eigenvalue weighted by molar-refractivity contribution is 7.99. The Morgan fingerprint density at radius 3 is 2.51 bits per heavy atom. The predicted molar refractivity (Wildman–Crippen MR) is 136 cm³/mol. The van der Waals surface area contributed by atoms with Gasteiger partial charge in [-0.25, -0.2) is 17.8 Å². The van der Waals surface area contributed by atoms with E-state index in [9.17, 15) is 40.0 Å². The molecule has 11 nitrogen and oxygen atoms in total. The molecular weight excluding hydrogens is 601 g/mol. The van der Waals surface area contributed by atoms with Gasteiger partial charge in [0.25, 0.3) is 11.7 Å². The summed E-state index contributed by atoms with van der Waals surface area (Å²) in [6.45, 7) is 0.692. The highest BCUT2D eigenvalue weighted by Gasteiger charge is 2.34. The zero-order valence-electron chi connectivity index (χ0n) is 21.7. The number of rotatable bonds is 13. The molecule has 41 heavy (non-hydrogen) atoms. The van der Waals surface area contributed by atoms with Gasteiger partial charge in [-0.3, -0.25) is 9.59 Å². The van der Waals surface area contributed by atoms with E-state index in [1.807, 2.05) is 4.72 Å². The van der Waals surface area contributed by atoms with E-state index in [4.69, 9.17) is 4.74 Å². The minimum Gasteiger partial charge on any atom is -0.492 e. The molecule has 228 valence electrons. The maximum absolute atomic E-state index is 13.4. The van der Waals surface area contributed by atoms with Crippen molar-refractivity contribution in [3.05, 3.63) is 23.9 Å². The normalized spacial score (nSPS) is 15.5. The average molecular weight is 630 g/mol. The number of aromatic nitrogens is 2. The van der Waals surface area contributed by atoms with Crippen molar-refractivity contribution in [2.24, 2.45) is 5.92 Å². The number of ether oxygens (including phenoxy) is 1. The lowest BCUT2D eigenvalue weighted by molar-refractivity contribution is -0.132. The lowest BCUT2D eigenvalue weighted by atomic mass is 9.83. The zero-order valence-corrected chi connectivity index (χ0v) is 23.3. The molecule has 0 bridgehead atoms. The number of nitrogens with one attached hydrogen (secondary N) is 3. The molecule has 1 aromatic heterocycles. The van der Waals surface area contributed by atoms with Gasteiger partial charge in [-0.2, -0.15) is 22.0 Å². The second-order valence-corrected chi connectivity index (χ2v) is 11.7. The van der Waals surface area contributed by atoms with E-state index in [1.165, 1.54) is 12.1 Å². The number of hydrogen-bond acceptors (Lipinski definition) is 9. The monoisotopic (exact) mass is 629 g/mol. The number of alkyl halides is 5. The van der Waals surface area contributed by atoms with Gasteiger partial charge in [-0.1, -0.05) is 19.3 Å². The van der Waals surface area contributed by atoms with Crippen molar-refractivity contribution in [2.45, 2.75) is 73.3 Å². The van der Waals surface area contributed by atoms with Crippen molar-refractivity contribution in [1.29, 1.82) is 0 Å². The maximum atomic E-state index is 13.4. The lowest BCUT2D eigenvalue weighted by Crippen LogP contribution is -2.49. The number of halogens is 5. The summed E-state index contributed by atoms with van der Waals surface area (Å²) in [6.07, 6.45) is -2.21. The van der Waals surface area contributed by atoms with Gasteiger partial charge in [-0.05, 0) is 59.9 Å². The summed E-state index contributed by atoms with van der Waals surface area (Å²) in [4.78, 5) is 25.8.